The van der Waals surface area contributed by atoms with Gasteiger partial charge in [-0.15, -0.1) is 0 Å². The molecule has 1 heterocycles. The lowest BCUT2D eigenvalue weighted by Gasteiger charge is -2.14. The van der Waals surface area contributed by atoms with Gasteiger partial charge in [0.25, 0.3) is 5.91 Å². The molecule has 0 spiro atoms. The highest BCUT2D eigenvalue weighted by molar-refractivity contribution is 6.40. The summed E-state index contributed by atoms with van der Waals surface area (Å²) in [6.45, 7) is 0.694. The molecule has 1 aromatic heterocycles. The van der Waals surface area contributed by atoms with Gasteiger partial charge in [-0.25, -0.2) is 4.79 Å². The Kier molecular flexibility index (Phi) is 10.6. The van der Waals surface area contributed by atoms with Crippen molar-refractivity contribution in [1.29, 1.82) is 0 Å². The number of aromatic carboxylic acids is 1. The third kappa shape index (κ3) is 8.05. The number of ether oxygens (including phenoxy) is 2. The van der Waals surface area contributed by atoms with Gasteiger partial charge in [0, 0.05) is 35.1 Å². The summed E-state index contributed by atoms with van der Waals surface area (Å²) < 4.78 is 14.6. The third-order valence-corrected chi connectivity index (χ3v) is 9.16. The van der Waals surface area contributed by atoms with Gasteiger partial charge in [0.2, 0.25) is 5.78 Å². The normalized spacial score (nSPS) is 11.0. The van der Waals surface area contributed by atoms with Crippen LogP contribution in [0.2, 0.25) is 0 Å². The van der Waals surface area contributed by atoms with Gasteiger partial charge in [-0.1, -0.05) is 97.1 Å². The number of anilines is 1. The first-order chi connectivity index (χ1) is 26.3. The number of nitrogens with zero attached hydrogens (tertiary/aromatic N) is 1. The maximum absolute atomic E-state index is 14.4. The number of benzene rings is 6. The van der Waals surface area contributed by atoms with Crippen LogP contribution in [0.3, 0.4) is 0 Å². The Hall–Kier alpha value is -7.00. The van der Waals surface area contributed by atoms with E-state index in [1.165, 1.54) is 24.3 Å². The zero-order chi connectivity index (χ0) is 37.4. The van der Waals surface area contributed by atoms with Crippen LogP contribution in [0, 0.1) is 0 Å². The van der Waals surface area contributed by atoms with E-state index in [9.17, 15) is 24.3 Å². The summed E-state index contributed by atoms with van der Waals surface area (Å²) in [5.41, 5.74) is 3.56. The molecule has 0 atom stereocenters. The minimum Gasteiger partial charge on any atom is -0.489 e. The lowest BCUT2D eigenvalue weighted by molar-refractivity contribution is -0.134. The predicted octanol–water partition coefficient (Wildman–Crippen LogP) is 8.87. The number of carbonyl (C=O) groups excluding carboxylic acids is 3. The number of amides is 1. The van der Waals surface area contributed by atoms with Gasteiger partial charge >= 0.3 is 5.97 Å². The molecule has 7 aromatic rings. The number of carbonyl (C=O) groups is 4. The van der Waals surface area contributed by atoms with Crippen molar-refractivity contribution in [2.24, 2.45) is 0 Å². The maximum atomic E-state index is 14.4. The number of Topliss-reactive ketones (excluding diaryl/α,β-unsaturated/α-hetero) is 1. The van der Waals surface area contributed by atoms with Gasteiger partial charge < -0.3 is 24.5 Å². The summed E-state index contributed by atoms with van der Waals surface area (Å²) in [6.07, 6.45) is 0.189. The highest BCUT2D eigenvalue weighted by atomic mass is 16.5. The molecule has 6 aromatic carbocycles. The summed E-state index contributed by atoms with van der Waals surface area (Å²) in [6, 6.07) is 44.0. The van der Waals surface area contributed by atoms with Crippen LogP contribution in [0.5, 0.6) is 11.5 Å². The van der Waals surface area contributed by atoms with E-state index in [1.807, 2.05) is 114 Å². The van der Waals surface area contributed by atoms with Gasteiger partial charge in [0.1, 0.15) is 24.7 Å². The lowest BCUT2D eigenvalue weighted by atomic mass is 10.00. The molecule has 0 bridgehead atoms. The number of fused-ring (bicyclic) bond motifs is 2. The summed E-state index contributed by atoms with van der Waals surface area (Å²) in [7, 11) is 0. The molecular formula is C45H36N2O7. The molecule has 268 valence electrons. The molecule has 9 heteroatoms. The first kappa shape index (κ1) is 35.4. The fourth-order valence-corrected chi connectivity index (χ4v) is 6.46. The van der Waals surface area contributed by atoms with Gasteiger partial charge in [-0.05, 0) is 71.3 Å². The first-order valence-electron chi connectivity index (χ1n) is 17.5. The van der Waals surface area contributed by atoms with Crippen LogP contribution in [0.15, 0.2) is 146 Å². The number of hydrogen-bond acceptors (Lipinski definition) is 6. The molecule has 7 rings (SSSR count). The SMILES string of the molecule is O=C(CCCn1c(COc2ccc3ccccc3c2)c(C(=O)c2ccccc2)c2cc(OCc3ccccc3)ccc21)C(=O)Nc1cccc(C(=O)O)c1. The van der Waals surface area contributed by atoms with Crippen molar-refractivity contribution in [3.05, 3.63) is 174 Å². The molecule has 0 saturated carbocycles. The quantitative estimate of drug-likeness (QED) is 0.0803. The van der Waals surface area contributed by atoms with Crippen LogP contribution < -0.4 is 14.8 Å². The Morgan fingerprint density at radius 1 is 0.630 bits per heavy atom. The molecule has 1 amide bonds. The second kappa shape index (κ2) is 16.1. The summed E-state index contributed by atoms with van der Waals surface area (Å²) in [4.78, 5) is 51.6. The Balaban J connectivity index is 1.21. The average Bonchev–Trinajstić information content (AvgIpc) is 3.51. The van der Waals surface area contributed by atoms with E-state index < -0.39 is 17.7 Å². The van der Waals surface area contributed by atoms with E-state index in [-0.39, 0.29) is 36.5 Å². The Bertz CT molecular complexity index is 2490. The van der Waals surface area contributed by atoms with Crippen LogP contribution in [0.25, 0.3) is 21.7 Å². The third-order valence-electron chi connectivity index (χ3n) is 9.16. The summed E-state index contributed by atoms with van der Waals surface area (Å²) >= 11 is 0. The topological polar surface area (TPSA) is 124 Å². The van der Waals surface area contributed by atoms with Gasteiger partial charge in [-0.2, -0.15) is 0 Å². The molecule has 0 radical (unpaired) electrons. The molecule has 9 nitrogen and oxygen atoms in total. The minimum absolute atomic E-state index is 0.00681. The van der Waals surface area contributed by atoms with Crippen molar-refractivity contribution in [1.82, 2.24) is 4.57 Å². The van der Waals surface area contributed by atoms with E-state index in [4.69, 9.17) is 9.47 Å². The number of aryl methyl sites for hydroxylation is 1. The van der Waals surface area contributed by atoms with Crippen LogP contribution in [-0.4, -0.2) is 33.1 Å². The molecule has 0 fully saturated rings. The van der Waals surface area contributed by atoms with Crippen molar-refractivity contribution in [3.63, 3.8) is 0 Å². The average molecular weight is 717 g/mol. The molecule has 54 heavy (non-hydrogen) atoms. The standard InChI is InChI=1S/C45H36N2O7/c48-41(44(50)46-35-18-9-17-34(25-35)45(51)52)19-10-24-47-39-23-22-37(53-28-30-11-3-1-4-12-30)27-38(39)42(43(49)32-14-5-2-6-15-32)40(47)29-54-36-21-20-31-13-7-8-16-33(31)26-36/h1-9,11-18,20-23,25-27H,10,19,24,28-29H2,(H,46,50)(H,51,52). The number of nitrogens with one attached hydrogen (secondary N) is 1. The van der Waals surface area contributed by atoms with Crippen molar-refractivity contribution in [3.8, 4) is 11.5 Å². The fraction of sp³-hybridized carbons (Fsp3) is 0.111. The van der Waals surface area contributed by atoms with Gasteiger partial charge in [-0.3, -0.25) is 14.4 Å². The summed E-state index contributed by atoms with van der Waals surface area (Å²) in [5.74, 6) is -1.60. The number of rotatable bonds is 15. The highest BCUT2D eigenvalue weighted by Crippen LogP contribution is 2.34. The smallest absolute Gasteiger partial charge is 0.335 e. The first-order valence-corrected chi connectivity index (χ1v) is 17.5. The highest BCUT2D eigenvalue weighted by Gasteiger charge is 2.25. The Morgan fingerprint density at radius 3 is 2.07 bits per heavy atom. The zero-order valence-electron chi connectivity index (χ0n) is 29.2. The van der Waals surface area contributed by atoms with Crippen LogP contribution in [0.1, 0.15) is 50.4 Å². The molecule has 0 unspecified atom stereocenters. The Morgan fingerprint density at radius 2 is 1.30 bits per heavy atom. The molecule has 0 aliphatic heterocycles. The number of ketones is 2. The van der Waals surface area contributed by atoms with Crippen molar-refractivity contribution in [2.75, 3.05) is 5.32 Å². The molecule has 0 aliphatic rings. The van der Waals surface area contributed by atoms with E-state index in [2.05, 4.69) is 5.32 Å². The minimum atomic E-state index is -1.14. The molecular weight excluding hydrogens is 681 g/mol. The van der Waals surface area contributed by atoms with Crippen molar-refractivity contribution >= 4 is 50.8 Å². The maximum Gasteiger partial charge on any atom is 0.335 e. The van der Waals surface area contributed by atoms with Crippen LogP contribution in [0.4, 0.5) is 5.69 Å². The fourth-order valence-electron chi connectivity index (χ4n) is 6.46. The second-order valence-electron chi connectivity index (χ2n) is 12.8. The number of carboxylic acids is 1. The van der Waals surface area contributed by atoms with Gasteiger partial charge in [0.15, 0.2) is 5.78 Å². The van der Waals surface area contributed by atoms with Crippen LogP contribution in [-0.2, 0) is 29.3 Å². The Labute approximate surface area is 311 Å². The van der Waals surface area contributed by atoms with Gasteiger partial charge in [0.05, 0.1) is 16.8 Å². The number of aromatic nitrogens is 1. The van der Waals surface area contributed by atoms with E-state index in [0.29, 0.717) is 46.9 Å². The summed E-state index contributed by atoms with van der Waals surface area (Å²) in [5, 5.41) is 14.6. The van der Waals surface area contributed by atoms with Crippen LogP contribution >= 0.6 is 0 Å². The predicted molar refractivity (Wildman–Crippen MR) is 207 cm³/mol. The van der Waals surface area contributed by atoms with E-state index in [0.717, 1.165) is 21.9 Å². The lowest BCUT2D eigenvalue weighted by Crippen LogP contribution is -2.23. The number of carboxylic acid groups (broad SMARTS) is 1. The number of hydrogen-bond donors (Lipinski definition) is 2. The van der Waals surface area contributed by atoms with Crippen molar-refractivity contribution < 1.29 is 33.8 Å². The molecule has 0 saturated heterocycles. The monoisotopic (exact) mass is 716 g/mol. The molecule has 0 aliphatic carbocycles. The largest absolute Gasteiger partial charge is 0.489 e. The second-order valence-corrected chi connectivity index (χ2v) is 12.8. The van der Waals surface area contributed by atoms with E-state index in [1.54, 1.807) is 12.1 Å². The zero-order valence-corrected chi connectivity index (χ0v) is 29.2. The molecule has 2 N–H and O–H groups in total. The van der Waals surface area contributed by atoms with E-state index >= 15 is 0 Å². The van der Waals surface area contributed by atoms with Crippen molar-refractivity contribution in [2.45, 2.75) is 32.6 Å².